The standard InChI is InChI=1S/C26H29N7O2/c1-18-21(16-31(3)28-18)23-5-4-6-24(27-23)25(34)14-19-7-8-22-20(13-19)15-33(29-22)17-26(35)32-11-9-30(2)10-12-32/h4-8,13,15-16H,9-12,14,17H2,1-3H3. The lowest BCUT2D eigenvalue weighted by molar-refractivity contribution is -0.133. The number of piperazine rings is 1. The first kappa shape index (κ1) is 22.9. The monoisotopic (exact) mass is 471 g/mol. The number of carbonyl (C=O) groups is 2. The molecule has 9 heteroatoms. The molecule has 1 aliphatic rings. The lowest BCUT2D eigenvalue weighted by Crippen LogP contribution is -2.48. The molecule has 0 spiro atoms. The quantitative estimate of drug-likeness (QED) is 0.401. The fraction of sp³-hybridized carbons (Fsp3) is 0.346. The maximum atomic E-state index is 13.0. The van der Waals surface area contributed by atoms with Crippen LogP contribution >= 0.6 is 0 Å². The lowest BCUT2D eigenvalue weighted by atomic mass is 10.0. The number of pyridine rings is 1. The van der Waals surface area contributed by atoms with E-state index in [1.54, 1.807) is 15.4 Å². The Morgan fingerprint density at radius 3 is 2.51 bits per heavy atom. The number of nitrogens with zero attached hydrogens (tertiary/aromatic N) is 7. The van der Waals surface area contributed by atoms with Crippen LogP contribution in [0.5, 0.6) is 0 Å². The van der Waals surface area contributed by atoms with Gasteiger partial charge in [0.25, 0.3) is 0 Å². The molecule has 1 amide bonds. The Kier molecular flexibility index (Phi) is 6.17. The van der Waals surface area contributed by atoms with E-state index in [1.807, 2.05) is 61.6 Å². The largest absolute Gasteiger partial charge is 0.339 e. The second-order valence-electron chi connectivity index (χ2n) is 9.21. The van der Waals surface area contributed by atoms with Crippen LogP contribution in [0.4, 0.5) is 0 Å². The van der Waals surface area contributed by atoms with Crippen molar-refractivity contribution in [1.82, 2.24) is 34.3 Å². The average molecular weight is 472 g/mol. The van der Waals surface area contributed by atoms with Gasteiger partial charge < -0.3 is 9.80 Å². The summed E-state index contributed by atoms with van der Waals surface area (Å²) in [5.41, 5.74) is 4.65. The summed E-state index contributed by atoms with van der Waals surface area (Å²) >= 11 is 0. The molecule has 0 unspecified atom stereocenters. The van der Waals surface area contributed by atoms with E-state index < -0.39 is 0 Å². The van der Waals surface area contributed by atoms with Gasteiger partial charge in [0, 0.05) is 63.0 Å². The van der Waals surface area contributed by atoms with Gasteiger partial charge in [-0.2, -0.15) is 10.2 Å². The Morgan fingerprint density at radius 1 is 0.971 bits per heavy atom. The second kappa shape index (κ2) is 9.42. The molecule has 9 nitrogen and oxygen atoms in total. The molecule has 0 atom stereocenters. The summed E-state index contributed by atoms with van der Waals surface area (Å²) in [5, 5.41) is 9.83. The van der Waals surface area contributed by atoms with Crippen molar-refractivity contribution in [2.45, 2.75) is 19.9 Å². The highest BCUT2D eigenvalue weighted by atomic mass is 16.2. The molecule has 1 saturated heterocycles. The van der Waals surface area contributed by atoms with Crippen molar-refractivity contribution < 1.29 is 9.59 Å². The molecule has 0 saturated carbocycles. The molecule has 35 heavy (non-hydrogen) atoms. The van der Waals surface area contributed by atoms with E-state index in [1.165, 1.54) is 0 Å². The smallest absolute Gasteiger partial charge is 0.244 e. The molecular weight excluding hydrogens is 442 g/mol. The van der Waals surface area contributed by atoms with Crippen molar-refractivity contribution >= 4 is 22.6 Å². The number of carbonyl (C=O) groups excluding carboxylic acids is 2. The number of hydrogen-bond acceptors (Lipinski definition) is 6. The van der Waals surface area contributed by atoms with E-state index in [-0.39, 0.29) is 24.7 Å². The van der Waals surface area contributed by atoms with Gasteiger partial charge in [-0.15, -0.1) is 0 Å². The van der Waals surface area contributed by atoms with E-state index in [4.69, 9.17) is 0 Å². The van der Waals surface area contributed by atoms with Gasteiger partial charge in [0.2, 0.25) is 5.91 Å². The average Bonchev–Trinajstić information content (AvgIpc) is 3.40. The Balaban J connectivity index is 1.28. The zero-order valence-electron chi connectivity index (χ0n) is 20.3. The molecule has 4 heterocycles. The molecule has 1 aliphatic heterocycles. The molecule has 0 N–H and O–H groups in total. The van der Waals surface area contributed by atoms with Crippen LogP contribution in [0.15, 0.2) is 48.8 Å². The molecule has 0 aliphatic carbocycles. The number of likely N-dealkylation sites (N-methyl/N-ethyl adjacent to an activating group) is 1. The number of ketones is 1. The summed E-state index contributed by atoms with van der Waals surface area (Å²) in [6.07, 6.45) is 4.02. The fourth-order valence-corrected chi connectivity index (χ4v) is 4.48. The van der Waals surface area contributed by atoms with Crippen molar-refractivity contribution in [2.24, 2.45) is 7.05 Å². The zero-order chi connectivity index (χ0) is 24.5. The number of Topliss-reactive ketones (excluding diaryl/α,β-unsaturated/α-hetero) is 1. The highest BCUT2D eigenvalue weighted by molar-refractivity contribution is 5.96. The van der Waals surface area contributed by atoms with Crippen molar-refractivity contribution in [3.05, 3.63) is 65.7 Å². The predicted molar refractivity (Wildman–Crippen MR) is 133 cm³/mol. The van der Waals surface area contributed by atoms with E-state index >= 15 is 0 Å². The van der Waals surface area contributed by atoms with Crippen LogP contribution in [0.2, 0.25) is 0 Å². The number of benzene rings is 1. The third kappa shape index (κ3) is 5.00. The minimum absolute atomic E-state index is 0.0506. The topological polar surface area (TPSA) is 89.1 Å². The summed E-state index contributed by atoms with van der Waals surface area (Å²) in [5.74, 6) is 0.0292. The van der Waals surface area contributed by atoms with Crippen LogP contribution in [0.25, 0.3) is 22.2 Å². The molecule has 5 rings (SSSR count). The van der Waals surface area contributed by atoms with Crippen LogP contribution in [0.1, 0.15) is 21.7 Å². The van der Waals surface area contributed by atoms with Gasteiger partial charge in [0.15, 0.2) is 5.78 Å². The highest BCUT2D eigenvalue weighted by Crippen LogP contribution is 2.21. The number of aromatic nitrogens is 5. The summed E-state index contributed by atoms with van der Waals surface area (Å²) in [6, 6.07) is 11.3. The van der Waals surface area contributed by atoms with Gasteiger partial charge in [-0.05, 0) is 43.8 Å². The molecular formula is C26H29N7O2. The Bertz CT molecular complexity index is 1400. The first-order valence-corrected chi connectivity index (χ1v) is 11.8. The van der Waals surface area contributed by atoms with Crippen LogP contribution in [0.3, 0.4) is 0 Å². The van der Waals surface area contributed by atoms with Gasteiger partial charge >= 0.3 is 0 Å². The van der Waals surface area contributed by atoms with Gasteiger partial charge in [0.1, 0.15) is 12.2 Å². The maximum Gasteiger partial charge on any atom is 0.244 e. The van der Waals surface area contributed by atoms with E-state index in [2.05, 4.69) is 27.1 Å². The molecule has 1 fully saturated rings. The number of rotatable bonds is 6. The first-order valence-electron chi connectivity index (χ1n) is 11.8. The summed E-state index contributed by atoms with van der Waals surface area (Å²) in [7, 11) is 3.94. The van der Waals surface area contributed by atoms with Crippen molar-refractivity contribution in [1.29, 1.82) is 0 Å². The number of aryl methyl sites for hydroxylation is 2. The Hall–Kier alpha value is -3.85. The number of hydrogen-bond donors (Lipinski definition) is 0. The zero-order valence-corrected chi connectivity index (χ0v) is 20.3. The van der Waals surface area contributed by atoms with Crippen molar-refractivity contribution in [3.63, 3.8) is 0 Å². The minimum Gasteiger partial charge on any atom is -0.339 e. The van der Waals surface area contributed by atoms with Crippen LogP contribution in [-0.2, 0) is 24.8 Å². The van der Waals surface area contributed by atoms with E-state index in [9.17, 15) is 9.59 Å². The molecule has 3 aromatic heterocycles. The molecule has 0 radical (unpaired) electrons. The SMILES string of the molecule is Cc1nn(C)cc1-c1cccc(C(=O)Cc2ccc3nn(CC(=O)N4CCN(C)CC4)cc3c2)n1. The van der Waals surface area contributed by atoms with Gasteiger partial charge in [-0.3, -0.25) is 19.0 Å². The summed E-state index contributed by atoms with van der Waals surface area (Å²) in [6.45, 7) is 5.43. The minimum atomic E-state index is -0.0506. The van der Waals surface area contributed by atoms with Gasteiger partial charge in [-0.1, -0.05) is 12.1 Å². The first-order chi connectivity index (χ1) is 16.9. The highest BCUT2D eigenvalue weighted by Gasteiger charge is 2.20. The third-order valence-electron chi connectivity index (χ3n) is 6.46. The Labute approximate surface area is 204 Å². The summed E-state index contributed by atoms with van der Waals surface area (Å²) in [4.78, 5) is 34.4. The van der Waals surface area contributed by atoms with Crippen LogP contribution in [0, 0.1) is 6.92 Å². The van der Waals surface area contributed by atoms with E-state index in [0.29, 0.717) is 5.69 Å². The van der Waals surface area contributed by atoms with E-state index in [0.717, 1.165) is 59.6 Å². The molecule has 1 aromatic carbocycles. The second-order valence-corrected chi connectivity index (χ2v) is 9.21. The summed E-state index contributed by atoms with van der Waals surface area (Å²) < 4.78 is 3.44. The fourth-order valence-electron chi connectivity index (χ4n) is 4.48. The predicted octanol–water partition coefficient (Wildman–Crippen LogP) is 2.34. The van der Waals surface area contributed by atoms with Gasteiger partial charge in [0.05, 0.1) is 16.9 Å². The third-order valence-corrected chi connectivity index (χ3v) is 6.46. The normalized spacial score (nSPS) is 14.5. The molecule has 0 bridgehead atoms. The number of amides is 1. The lowest BCUT2D eigenvalue weighted by Gasteiger charge is -2.32. The molecule has 4 aromatic rings. The van der Waals surface area contributed by atoms with Crippen LogP contribution in [-0.4, -0.2) is 79.3 Å². The molecule has 180 valence electrons. The van der Waals surface area contributed by atoms with Gasteiger partial charge in [-0.25, -0.2) is 4.98 Å². The van der Waals surface area contributed by atoms with Crippen LogP contribution < -0.4 is 0 Å². The maximum absolute atomic E-state index is 13.0. The van der Waals surface area contributed by atoms with Crippen molar-refractivity contribution in [2.75, 3.05) is 33.2 Å². The number of fused-ring (bicyclic) bond motifs is 1. The van der Waals surface area contributed by atoms with Crippen molar-refractivity contribution in [3.8, 4) is 11.3 Å². The Morgan fingerprint density at radius 2 is 1.77 bits per heavy atom.